The molecule has 4 N–H and O–H groups in total. The van der Waals surface area contributed by atoms with Gasteiger partial charge in [-0.05, 0) is 58.7 Å². The monoisotopic (exact) mass is 377 g/mol. The first-order valence-electron chi connectivity index (χ1n) is 6.85. The molecule has 120 valence electrons. The van der Waals surface area contributed by atoms with Crippen LogP contribution in [0.3, 0.4) is 0 Å². The van der Waals surface area contributed by atoms with E-state index < -0.39 is 0 Å². The number of nitrogens with two attached hydrogens (primary N) is 1. The number of nitrogens with one attached hydrogen (secondary N) is 1. The quantitative estimate of drug-likeness (QED) is 0.423. The van der Waals surface area contributed by atoms with Gasteiger partial charge in [0.2, 0.25) is 0 Å². The van der Waals surface area contributed by atoms with E-state index in [1.165, 1.54) is 6.21 Å². The molecule has 0 radical (unpaired) electrons. The van der Waals surface area contributed by atoms with Crippen molar-refractivity contribution in [3.8, 4) is 11.5 Å². The lowest BCUT2D eigenvalue weighted by molar-refractivity contribution is 0.0955. The molecule has 23 heavy (non-hydrogen) atoms. The second-order valence-corrected chi connectivity index (χ2v) is 5.46. The molecule has 0 saturated carbocycles. The van der Waals surface area contributed by atoms with Gasteiger partial charge in [-0.25, -0.2) is 5.43 Å². The van der Waals surface area contributed by atoms with Crippen LogP contribution in [0.4, 0.5) is 5.69 Å². The van der Waals surface area contributed by atoms with E-state index in [4.69, 9.17) is 10.5 Å². The Hall–Kier alpha value is -2.54. The average Bonchev–Trinajstić information content (AvgIpc) is 2.52. The molecule has 0 atom stereocenters. The third-order valence-electron chi connectivity index (χ3n) is 2.88. The summed E-state index contributed by atoms with van der Waals surface area (Å²) in [5.41, 5.74) is 9.63. The largest absolute Gasteiger partial charge is 0.503 e. The fourth-order valence-corrected chi connectivity index (χ4v) is 2.30. The van der Waals surface area contributed by atoms with Crippen LogP contribution in [0.5, 0.6) is 11.5 Å². The number of nitrogens with zero attached hydrogens (tertiary/aromatic N) is 1. The molecule has 0 unspecified atom stereocenters. The van der Waals surface area contributed by atoms with Gasteiger partial charge in [-0.15, -0.1) is 0 Å². The van der Waals surface area contributed by atoms with Crippen LogP contribution in [0.25, 0.3) is 0 Å². The number of anilines is 1. The van der Waals surface area contributed by atoms with Crippen molar-refractivity contribution in [2.45, 2.75) is 6.92 Å². The highest BCUT2D eigenvalue weighted by Crippen LogP contribution is 2.34. The fourth-order valence-electron chi connectivity index (χ4n) is 1.84. The van der Waals surface area contributed by atoms with Crippen molar-refractivity contribution in [3.05, 3.63) is 52.0 Å². The smallest absolute Gasteiger partial charge is 0.271 e. The Kier molecular flexibility index (Phi) is 5.59. The van der Waals surface area contributed by atoms with Gasteiger partial charge in [-0.3, -0.25) is 4.79 Å². The summed E-state index contributed by atoms with van der Waals surface area (Å²) in [6, 6.07) is 9.89. The fraction of sp³-hybridized carbons (Fsp3) is 0.125. The summed E-state index contributed by atoms with van der Waals surface area (Å²) >= 11 is 3.24. The first kappa shape index (κ1) is 16.8. The molecule has 0 saturated heterocycles. The lowest BCUT2D eigenvalue weighted by Crippen LogP contribution is -2.17. The molecule has 2 aromatic rings. The zero-order valence-corrected chi connectivity index (χ0v) is 14.0. The average molecular weight is 378 g/mol. The third-order valence-corrected chi connectivity index (χ3v) is 3.48. The van der Waals surface area contributed by atoms with Crippen molar-refractivity contribution in [2.24, 2.45) is 5.10 Å². The van der Waals surface area contributed by atoms with E-state index in [0.717, 1.165) is 0 Å². The number of hydrazone groups is 1. The molecule has 6 nitrogen and oxygen atoms in total. The van der Waals surface area contributed by atoms with Gasteiger partial charge in [0.15, 0.2) is 11.5 Å². The molecule has 0 aliphatic rings. The number of nitrogen functional groups attached to an aromatic ring is 1. The second kappa shape index (κ2) is 7.64. The van der Waals surface area contributed by atoms with Crippen LogP contribution in [0.2, 0.25) is 0 Å². The Balaban J connectivity index is 2.10. The number of carbonyl (C=O) groups is 1. The summed E-state index contributed by atoms with van der Waals surface area (Å²) in [5.74, 6) is -0.00490. The summed E-state index contributed by atoms with van der Waals surface area (Å²) in [7, 11) is 0. The zero-order chi connectivity index (χ0) is 16.8. The molecular weight excluding hydrogens is 362 g/mol. The number of rotatable bonds is 5. The Labute approximate surface area is 142 Å². The Morgan fingerprint density at radius 1 is 1.43 bits per heavy atom. The van der Waals surface area contributed by atoms with E-state index in [1.807, 2.05) is 6.92 Å². The van der Waals surface area contributed by atoms with Crippen molar-refractivity contribution < 1.29 is 14.6 Å². The maximum atomic E-state index is 11.9. The van der Waals surface area contributed by atoms with Crippen LogP contribution in [0.1, 0.15) is 22.8 Å². The summed E-state index contributed by atoms with van der Waals surface area (Å²) in [5, 5.41) is 13.7. The highest BCUT2D eigenvalue weighted by molar-refractivity contribution is 9.10. The van der Waals surface area contributed by atoms with Crippen molar-refractivity contribution in [3.63, 3.8) is 0 Å². The molecule has 0 heterocycles. The lowest BCUT2D eigenvalue weighted by Gasteiger charge is -2.08. The topological polar surface area (TPSA) is 96.9 Å². The molecule has 0 aliphatic carbocycles. The normalized spacial score (nSPS) is 10.7. The van der Waals surface area contributed by atoms with Crippen LogP contribution < -0.4 is 15.9 Å². The highest BCUT2D eigenvalue weighted by Gasteiger charge is 2.08. The summed E-state index contributed by atoms with van der Waals surface area (Å²) in [4.78, 5) is 11.9. The number of phenolic OH excluding ortho intramolecular Hbond substituents is 1. The number of ether oxygens (including phenoxy) is 1. The number of carbonyl (C=O) groups excluding carboxylic acids is 1. The first-order valence-corrected chi connectivity index (χ1v) is 7.64. The van der Waals surface area contributed by atoms with Crippen LogP contribution in [-0.2, 0) is 0 Å². The lowest BCUT2D eigenvalue weighted by atomic mass is 10.2. The van der Waals surface area contributed by atoms with Gasteiger partial charge in [0.1, 0.15) is 0 Å². The van der Waals surface area contributed by atoms with Crippen molar-refractivity contribution in [2.75, 3.05) is 12.3 Å². The van der Waals surface area contributed by atoms with Crippen molar-refractivity contribution in [1.29, 1.82) is 0 Å². The van der Waals surface area contributed by atoms with E-state index in [2.05, 4.69) is 26.5 Å². The number of aromatic hydroxyl groups is 1. The number of hydrogen-bond donors (Lipinski definition) is 3. The van der Waals surface area contributed by atoms with E-state index in [9.17, 15) is 9.90 Å². The maximum absolute atomic E-state index is 11.9. The van der Waals surface area contributed by atoms with E-state index in [1.54, 1.807) is 36.4 Å². The predicted molar refractivity (Wildman–Crippen MR) is 92.9 cm³/mol. The molecule has 0 fully saturated rings. The molecule has 2 rings (SSSR count). The first-order chi connectivity index (χ1) is 11.0. The zero-order valence-electron chi connectivity index (χ0n) is 12.4. The second-order valence-electron chi connectivity index (χ2n) is 4.61. The van der Waals surface area contributed by atoms with Crippen LogP contribution in [-0.4, -0.2) is 23.8 Å². The molecule has 1 amide bonds. The van der Waals surface area contributed by atoms with Crippen molar-refractivity contribution >= 4 is 33.7 Å². The molecule has 0 spiro atoms. The number of amides is 1. The molecule has 0 bridgehead atoms. The van der Waals surface area contributed by atoms with E-state index in [0.29, 0.717) is 33.6 Å². The van der Waals surface area contributed by atoms with Gasteiger partial charge in [-0.2, -0.15) is 5.10 Å². The Morgan fingerprint density at radius 2 is 2.22 bits per heavy atom. The summed E-state index contributed by atoms with van der Waals surface area (Å²) < 4.78 is 5.80. The van der Waals surface area contributed by atoms with Crippen molar-refractivity contribution in [1.82, 2.24) is 5.43 Å². The van der Waals surface area contributed by atoms with Gasteiger partial charge in [0.25, 0.3) is 5.91 Å². The van der Waals surface area contributed by atoms with E-state index >= 15 is 0 Å². The summed E-state index contributed by atoms with van der Waals surface area (Å²) in [6.07, 6.45) is 1.46. The van der Waals surface area contributed by atoms with Crippen LogP contribution in [0.15, 0.2) is 46.0 Å². The van der Waals surface area contributed by atoms with Gasteiger partial charge in [-0.1, -0.05) is 6.07 Å². The molecule has 0 aliphatic heterocycles. The SMILES string of the molecule is CCOc1cc(/C=N\NC(=O)c2cccc(N)c2)cc(Br)c1O. The maximum Gasteiger partial charge on any atom is 0.271 e. The van der Waals surface area contributed by atoms with Gasteiger partial charge >= 0.3 is 0 Å². The number of halogens is 1. The van der Waals surface area contributed by atoms with Crippen LogP contribution >= 0.6 is 15.9 Å². The minimum absolute atomic E-state index is 0.0211. The highest BCUT2D eigenvalue weighted by atomic mass is 79.9. The molecule has 0 aromatic heterocycles. The third kappa shape index (κ3) is 4.46. The van der Waals surface area contributed by atoms with Crippen LogP contribution in [0, 0.1) is 0 Å². The van der Waals surface area contributed by atoms with E-state index in [-0.39, 0.29) is 11.7 Å². The molecular formula is C16H16BrN3O3. The number of benzene rings is 2. The number of phenols is 1. The molecule has 7 heteroatoms. The number of hydrogen-bond acceptors (Lipinski definition) is 5. The minimum atomic E-state index is -0.364. The Bertz CT molecular complexity index is 747. The minimum Gasteiger partial charge on any atom is -0.503 e. The Morgan fingerprint density at radius 3 is 2.91 bits per heavy atom. The van der Waals surface area contributed by atoms with Gasteiger partial charge < -0.3 is 15.6 Å². The standard InChI is InChI=1S/C16H16BrN3O3/c1-2-23-14-7-10(6-13(17)15(14)21)9-19-20-16(22)11-4-3-5-12(18)8-11/h3-9,21H,2,18H2,1H3,(H,20,22)/b19-9-. The van der Waals surface area contributed by atoms with Gasteiger partial charge in [0, 0.05) is 11.3 Å². The molecule has 2 aromatic carbocycles. The summed E-state index contributed by atoms with van der Waals surface area (Å²) in [6.45, 7) is 2.24. The van der Waals surface area contributed by atoms with Gasteiger partial charge in [0.05, 0.1) is 17.3 Å². The predicted octanol–water partition coefficient (Wildman–Crippen LogP) is 2.90.